The first-order valence-corrected chi connectivity index (χ1v) is 9.47. The van der Waals surface area contributed by atoms with Gasteiger partial charge in [0.15, 0.2) is 0 Å². The summed E-state index contributed by atoms with van der Waals surface area (Å²) in [5.41, 5.74) is 0. The van der Waals surface area contributed by atoms with Gasteiger partial charge in [-0.15, -0.1) is 0 Å². The molecule has 0 saturated carbocycles. The van der Waals surface area contributed by atoms with E-state index in [0.29, 0.717) is 0 Å². The molecule has 0 bridgehead atoms. The standard InChI is InChI=1S/C4H10GeO3.Li/c1-5(2,3)8-4(6)7;/h1-3H3,(H,6,7);/q;+1/p-1. The summed E-state index contributed by atoms with van der Waals surface area (Å²) < 4.78 is 4.43. The minimum atomic E-state index is -2.32. The van der Waals surface area contributed by atoms with Crippen LogP contribution in [0.25, 0.3) is 0 Å². The number of carbonyl (C=O) groups is 1. The number of carboxylic acid groups (broad SMARTS) is 1. The van der Waals surface area contributed by atoms with E-state index in [9.17, 15) is 9.90 Å². The molecular weight excluding hydrogens is 176 g/mol. The zero-order valence-electron chi connectivity index (χ0n) is 6.22. The van der Waals surface area contributed by atoms with Crippen LogP contribution in [0.4, 0.5) is 4.79 Å². The third-order valence-corrected chi connectivity index (χ3v) is 2.02. The normalized spacial score (nSPS) is 9.67. The van der Waals surface area contributed by atoms with Gasteiger partial charge >= 0.3 is 69.6 Å². The van der Waals surface area contributed by atoms with Crippen LogP contribution in [0.5, 0.6) is 0 Å². The number of hydrogen-bond acceptors (Lipinski definition) is 3. The zero-order valence-corrected chi connectivity index (χ0v) is 8.32. The minimum Gasteiger partial charge on any atom is 1.00 e. The van der Waals surface area contributed by atoms with Crippen molar-refractivity contribution in [1.82, 2.24) is 0 Å². The van der Waals surface area contributed by atoms with Gasteiger partial charge in [0.25, 0.3) is 0 Å². The second-order valence-electron chi connectivity index (χ2n) is 2.46. The molecule has 0 aliphatic heterocycles. The van der Waals surface area contributed by atoms with Crippen molar-refractivity contribution < 1.29 is 32.5 Å². The molecule has 0 aromatic rings. The van der Waals surface area contributed by atoms with Gasteiger partial charge in [-0.05, 0) is 0 Å². The van der Waals surface area contributed by atoms with Gasteiger partial charge in [0.1, 0.15) is 0 Å². The van der Waals surface area contributed by atoms with E-state index < -0.39 is 19.8 Å². The van der Waals surface area contributed by atoms with Crippen LogP contribution in [-0.4, -0.2) is 19.8 Å². The molecule has 0 spiro atoms. The molecule has 5 heteroatoms. The Labute approximate surface area is 69.6 Å². The van der Waals surface area contributed by atoms with Crippen molar-refractivity contribution in [3.05, 3.63) is 0 Å². The van der Waals surface area contributed by atoms with Gasteiger partial charge in [-0.3, -0.25) is 0 Å². The van der Waals surface area contributed by atoms with Crippen molar-refractivity contribution in [2.24, 2.45) is 0 Å². The molecular formula is C4H9GeLiO3. The predicted molar refractivity (Wildman–Crippen MR) is 29.8 cm³/mol. The maximum atomic E-state index is 9.73. The largest absolute Gasteiger partial charge is 1.00 e. The van der Waals surface area contributed by atoms with E-state index in [-0.39, 0.29) is 18.9 Å². The van der Waals surface area contributed by atoms with Crippen LogP contribution in [0.15, 0.2) is 0 Å². The molecule has 0 amide bonds. The fourth-order valence-electron chi connectivity index (χ4n) is 0.250. The molecule has 0 aliphatic carbocycles. The summed E-state index contributed by atoms with van der Waals surface area (Å²) >= 11 is -2.32. The average molecular weight is 185 g/mol. The summed E-state index contributed by atoms with van der Waals surface area (Å²) in [5.74, 6) is 5.49. The van der Waals surface area contributed by atoms with Crippen molar-refractivity contribution in [3.63, 3.8) is 0 Å². The summed E-state index contributed by atoms with van der Waals surface area (Å²) in [6.07, 6.45) is -1.39. The van der Waals surface area contributed by atoms with E-state index in [1.165, 1.54) is 0 Å². The number of hydrogen-bond donors (Lipinski definition) is 0. The predicted octanol–water partition coefficient (Wildman–Crippen LogP) is -2.81. The van der Waals surface area contributed by atoms with Crippen LogP contribution >= 0.6 is 0 Å². The third kappa shape index (κ3) is 11.8. The van der Waals surface area contributed by atoms with Crippen molar-refractivity contribution >= 4 is 19.8 Å². The van der Waals surface area contributed by atoms with Crippen LogP contribution in [-0.2, 0) is 3.76 Å². The fraction of sp³-hybridized carbons (Fsp3) is 0.750. The van der Waals surface area contributed by atoms with E-state index in [4.69, 9.17) is 0 Å². The molecule has 0 aromatic carbocycles. The van der Waals surface area contributed by atoms with Crippen molar-refractivity contribution in [1.29, 1.82) is 0 Å². The molecule has 0 unspecified atom stereocenters. The molecule has 48 valence electrons. The Kier molecular flexibility index (Phi) is 5.74. The second kappa shape index (κ2) is 4.26. The first-order chi connectivity index (χ1) is 3.42. The van der Waals surface area contributed by atoms with E-state index in [1.807, 2.05) is 17.3 Å². The summed E-state index contributed by atoms with van der Waals surface area (Å²) in [7, 11) is 0. The van der Waals surface area contributed by atoms with Crippen LogP contribution in [0.1, 0.15) is 0 Å². The van der Waals surface area contributed by atoms with Crippen molar-refractivity contribution in [2.75, 3.05) is 0 Å². The molecule has 0 radical (unpaired) electrons. The maximum absolute atomic E-state index is 9.73. The van der Waals surface area contributed by atoms with Crippen molar-refractivity contribution in [2.45, 2.75) is 17.3 Å². The Hall–Kier alpha value is 0.410. The fourth-order valence-corrected chi connectivity index (χ4v) is 1.30. The topological polar surface area (TPSA) is 49.4 Å². The van der Waals surface area contributed by atoms with E-state index in [2.05, 4.69) is 3.76 Å². The van der Waals surface area contributed by atoms with Gasteiger partial charge in [-0.25, -0.2) is 0 Å². The number of carbonyl (C=O) groups excluding carboxylic acids is 1. The molecule has 0 aromatic heterocycles. The quantitative estimate of drug-likeness (QED) is 0.414. The summed E-state index contributed by atoms with van der Waals surface area (Å²) in [4.78, 5) is 9.73. The van der Waals surface area contributed by atoms with Crippen LogP contribution in [0, 0.1) is 0 Å². The molecule has 0 N–H and O–H groups in total. The summed E-state index contributed by atoms with van der Waals surface area (Å²) in [6.45, 7) is 0. The van der Waals surface area contributed by atoms with Gasteiger partial charge in [-0.2, -0.15) is 0 Å². The van der Waals surface area contributed by atoms with Crippen LogP contribution in [0.3, 0.4) is 0 Å². The molecule has 0 fully saturated rings. The van der Waals surface area contributed by atoms with Crippen LogP contribution in [0.2, 0.25) is 17.3 Å². The zero-order chi connectivity index (χ0) is 6.78. The molecule has 9 heavy (non-hydrogen) atoms. The SMILES string of the molecule is [CH3][Ge]([CH3])([CH3])[O]C(=O)[O-].[Li+]. The molecule has 0 heterocycles. The monoisotopic (exact) mass is 186 g/mol. The Bertz CT molecular complexity index is 98.5. The molecule has 0 aliphatic rings. The van der Waals surface area contributed by atoms with Gasteiger partial charge in [0, 0.05) is 0 Å². The molecule has 3 nitrogen and oxygen atoms in total. The molecule has 0 rings (SSSR count). The van der Waals surface area contributed by atoms with E-state index in [1.54, 1.807) is 0 Å². The van der Waals surface area contributed by atoms with Gasteiger partial charge in [0.2, 0.25) is 0 Å². The average Bonchev–Trinajstić information content (AvgIpc) is 1.21. The maximum Gasteiger partial charge on any atom is 1.00 e. The van der Waals surface area contributed by atoms with Crippen LogP contribution < -0.4 is 24.0 Å². The third-order valence-electron chi connectivity index (χ3n) is 0.390. The molecule has 0 saturated heterocycles. The minimum absolute atomic E-state index is 0. The molecule has 0 atom stereocenters. The second-order valence-corrected chi connectivity index (χ2v) is 11.8. The Balaban J connectivity index is 0. The smallest absolute Gasteiger partial charge is 1.00 e. The summed E-state index contributed by atoms with van der Waals surface area (Å²) in [6, 6.07) is 0. The number of rotatable bonds is 1. The summed E-state index contributed by atoms with van der Waals surface area (Å²) in [5, 5.41) is 9.73. The van der Waals surface area contributed by atoms with Crippen molar-refractivity contribution in [3.8, 4) is 0 Å². The Morgan fingerprint density at radius 2 is 1.78 bits per heavy atom. The van der Waals surface area contributed by atoms with Gasteiger partial charge < -0.3 is 0 Å². The first-order valence-electron chi connectivity index (χ1n) is 2.32. The van der Waals surface area contributed by atoms with E-state index in [0.717, 1.165) is 0 Å². The van der Waals surface area contributed by atoms with Gasteiger partial charge in [-0.1, -0.05) is 0 Å². The van der Waals surface area contributed by atoms with Gasteiger partial charge in [0.05, 0.1) is 0 Å². The first kappa shape index (κ1) is 12.1. The van der Waals surface area contributed by atoms with E-state index >= 15 is 0 Å². The Morgan fingerprint density at radius 1 is 1.44 bits per heavy atom. The Morgan fingerprint density at radius 3 is 1.78 bits per heavy atom.